The molecule has 164 valence electrons. The van der Waals surface area contributed by atoms with Gasteiger partial charge in [-0.05, 0) is 31.8 Å². The van der Waals surface area contributed by atoms with E-state index < -0.39 is 10.0 Å². The molecule has 1 aliphatic rings. The van der Waals surface area contributed by atoms with E-state index in [9.17, 15) is 8.42 Å². The van der Waals surface area contributed by atoms with Crippen molar-refractivity contribution in [3.8, 4) is 11.5 Å². The number of hydrogen-bond donors (Lipinski definition) is 1. The van der Waals surface area contributed by atoms with Crippen LogP contribution in [-0.2, 0) is 16.6 Å². The van der Waals surface area contributed by atoms with Crippen molar-refractivity contribution >= 4 is 10.0 Å². The normalized spacial score (nSPS) is 19.9. The quantitative estimate of drug-likeness (QED) is 0.653. The standard InChI is InChI=1S/C22H31N3O4S/c1-24(2)14-18-15-25(13-17-8-6-5-7-9-17)16-20(18)23-30(26,27)22-12-19(28-3)10-11-21(22)29-4/h5-12,18,20,23H,13-16H2,1-4H3. The molecule has 0 spiro atoms. The average Bonchev–Trinajstić information content (AvgIpc) is 3.07. The van der Waals surface area contributed by atoms with Gasteiger partial charge in [0.2, 0.25) is 10.0 Å². The summed E-state index contributed by atoms with van der Waals surface area (Å²) in [6.45, 7) is 3.08. The topological polar surface area (TPSA) is 71.1 Å². The van der Waals surface area contributed by atoms with Crippen molar-refractivity contribution < 1.29 is 17.9 Å². The van der Waals surface area contributed by atoms with E-state index in [4.69, 9.17) is 9.47 Å². The van der Waals surface area contributed by atoms with Crippen LogP contribution < -0.4 is 14.2 Å². The fourth-order valence-electron chi connectivity index (χ4n) is 3.98. The SMILES string of the molecule is COc1ccc(OC)c(S(=O)(=O)NC2CN(Cc3ccccc3)CC2CN(C)C)c1. The molecular formula is C22H31N3O4S. The lowest BCUT2D eigenvalue weighted by Crippen LogP contribution is -2.43. The van der Waals surface area contributed by atoms with Gasteiger partial charge in [0.05, 0.1) is 14.2 Å². The van der Waals surface area contributed by atoms with Crippen LogP contribution in [0.15, 0.2) is 53.4 Å². The third kappa shape index (κ3) is 5.51. The van der Waals surface area contributed by atoms with E-state index in [1.165, 1.54) is 25.8 Å². The Bertz CT molecular complexity index is 935. The number of nitrogens with one attached hydrogen (secondary N) is 1. The first-order valence-corrected chi connectivity index (χ1v) is 11.5. The van der Waals surface area contributed by atoms with E-state index in [1.807, 2.05) is 32.3 Å². The number of methoxy groups -OCH3 is 2. The smallest absolute Gasteiger partial charge is 0.244 e. The van der Waals surface area contributed by atoms with Crippen LogP contribution in [0, 0.1) is 5.92 Å². The molecule has 2 aromatic rings. The summed E-state index contributed by atoms with van der Waals surface area (Å²) in [7, 11) is 3.21. The number of hydrogen-bond acceptors (Lipinski definition) is 6. The zero-order valence-corrected chi connectivity index (χ0v) is 18.9. The predicted molar refractivity (Wildman–Crippen MR) is 117 cm³/mol. The highest BCUT2D eigenvalue weighted by Gasteiger charge is 2.36. The van der Waals surface area contributed by atoms with E-state index in [0.717, 1.165) is 19.6 Å². The average molecular weight is 434 g/mol. The molecule has 0 aliphatic carbocycles. The van der Waals surface area contributed by atoms with Crippen molar-refractivity contribution in [2.75, 3.05) is 47.9 Å². The Morgan fingerprint density at radius 3 is 2.43 bits per heavy atom. The van der Waals surface area contributed by atoms with Crippen LogP contribution in [-0.4, -0.2) is 72.2 Å². The predicted octanol–water partition coefficient (Wildman–Crippen LogP) is 2.04. The van der Waals surface area contributed by atoms with Crippen molar-refractivity contribution in [3.05, 3.63) is 54.1 Å². The molecule has 2 unspecified atom stereocenters. The van der Waals surface area contributed by atoms with Crippen LogP contribution in [0.2, 0.25) is 0 Å². The number of rotatable bonds is 9. The van der Waals surface area contributed by atoms with E-state index in [-0.39, 0.29) is 16.9 Å². The van der Waals surface area contributed by atoms with Crippen molar-refractivity contribution in [1.29, 1.82) is 0 Å². The van der Waals surface area contributed by atoms with Gasteiger partial charge in [0.25, 0.3) is 0 Å². The summed E-state index contributed by atoms with van der Waals surface area (Å²) in [6.07, 6.45) is 0. The Morgan fingerprint density at radius 2 is 1.80 bits per heavy atom. The van der Waals surface area contributed by atoms with Crippen molar-refractivity contribution in [2.45, 2.75) is 17.5 Å². The van der Waals surface area contributed by atoms with Gasteiger partial charge in [0, 0.05) is 44.2 Å². The molecule has 1 heterocycles. The fraction of sp³-hybridized carbons (Fsp3) is 0.455. The molecule has 2 atom stereocenters. The number of likely N-dealkylation sites (tertiary alicyclic amines) is 1. The fourth-order valence-corrected chi connectivity index (χ4v) is 5.46. The van der Waals surface area contributed by atoms with Crippen molar-refractivity contribution in [3.63, 3.8) is 0 Å². The highest BCUT2D eigenvalue weighted by Crippen LogP contribution is 2.29. The Kier molecular flexibility index (Phi) is 7.36. The van der Waals surface area contributed by atoms with Gasteiger partial charge in [-0.25, -0.2) is 13.1 Å². The lowest BCUT2D eigenvalue weighted by atomic mass is 10.0. The molecule has 2 aromatic carbocycles. The molecule has 0 radical (unpaired) electrons. The maximum atomic E-state index is 13.3. The summed E-state index contributed by atoms with van der Waals surface area (Å²) in [5.74, 6) is 0.944. The Balaban J connectivity index is 1.81. The van der Waals surface area contributed by atoms with Crippen LogP contribution >= 0.6 is 0 Å². The summed E-state index contributed by atoms with van der Waals surface area (Å²) in [5.41, 5.74) is 1.22. The van der Waals surface area contributed by atoms with Crippen LogP contribution in [0.1, 0.15) is 5.56 Å². The molecule has 3 rings (SSSR count). The summed E-state index contributed by atoms with van der Waals surface area (Å²) >= 11 is 0. The summed E-state index contributed by atoms with van der Waals surface area (Å²) in [4.78, 5) is 4.50. The molecule has 1 fully saturated rings. The first-order valence-electron chi connectivity index (χ1n) is 9.97. The third-order valence-electron chi connectivity index (χ3n) is 5.33. The third-order valence-corrected chi connectivity index (χ3v) is 6.84. The number of benzene rings is 2. The van der Waals surface area contributed by atoms with Gasteiger partial charge in [-0.2, -0.15) is 0 Å². The van der Waals surface area contributed by atoms with E-state index in [2.05, 4.69) is 26.7 Å². The minimum absolute atomic E-state index is 0.0921. The maximum Gasteiger partial charge on any atom is 0.244 e. The first-order chi connectivity index (χ1) is 14.3. The number of nitrogens with zero attached hydrogens (tertiary/aromatic N) is 2. The molecule has 7 nitrogen and oxygen atoms in total. The second-order valence-electron chi connectivity index (χ2n) is 7.95. The molecule has 0 saturated carbocycles. The molecule has 8 heteroatoms. The van der Waals surface area contributed by atoms with Crippen LogP contribution in [0.4, 0.5) is 0 Å². The summed E-state index contributed by atoms with van der Waals surface area (Å²) in [5, 5.41) is 0. The number of ether oxygens (including phenoxy) is 2. The van der Waals surface area contributed by atoms with Gasteiger partial charge < -0.3 is 14.4 Å². The number of sulfonamides is 1. The minimum atomic E-state index is -3.78. The van der Waals surface area contributed by atoms with Gasteiger partial charge in [-0.3, -0.25) is 4.90 Å². The zero-order chi connectivity index (χ0) is 21.7. The van der Waals surface area contributed by atoms with Gasteiger partial charge in [0.1, 0.15) is 16.4 Å². The molecule has 0 bridgehead atoms. The highest BCUT2D eigenvalue weighted by molar-refractivity contribution is 7.89. The largest absolute Gasteiger partial charge is 0.497 e. The van der Waals surface area contributed by atoms with Crippen molar-refractivity contribution in [2.24, 2.45) is 5.92 Å². The monoisotopic (exact) mass is 433 g/mol. The lowest BCUT2D eigenvalue weighted by Gasteiger charge is -2.23. The first kappa shape index (κ1) is 22.6. The maximum absolute atomic E-state index is 13.3. The molecule has 1 N–H and O–H groups in total. The van der Waals surface area contributed by atoms with E-state index >= 15 is 0 Å². The minimum Gasteiger partial charge on any atom is -0.497 e. The molecule has 1 saturated heterocycles. The Labute approximate surface area is 179 Å². The molecular weight excluding hydrogens is 402 g/mol. The zero-order valence-electron chi connectivity index (χ0n) is 18.0. The highest BCUT2D eigenvalue weighted by atomic mass is 32.2. The molecule has 0 aromatic heterocycles. The Hall–Kier alpha value is -2.13. The molecule has 1 aliphatic heterocycles. The second-order valence-corrected chi connectivity index (χ2v) is 9.63. The summed E-state index contributed by atoms with van der Waals surface area (Å²) in [6, 6.07) is 14.8. The van der Waals surface area contributed by atoms with Gasteiger partial charge in [-0.15, -0.1) is 0 Å². The van der Waals surface area contributed by atoms with Gasteiger partial charge >= 0.3 is 0 Å². The van der Waals surface area contributed by atoms with Crippen molar-refractivity contribution in [1.82, 2.24) is 14.5 Å². The van der Waals surface area contributed by atoms with Crippen LogP contribution in [0.25, 0.3) is 0 Å². The Morgan fingerprint density at radius 1 is 1.07 bits per heavy atom. The van der Waals surface area contributed by atoms with Crippen LogP contribution in [0.3, 0.4) is 0 Å². The van der Waals surface area contributed by atoms with E-state index in [1.54, 1.807) is 12.1 Å². The van der Waals surface area contributed by atoms with E-state index in [0.29, 0.717) is 18.0 Å². The molecule has 0 amide bonds. The molecule has 30 heavy (non-hydrogen) atoms. The van der Waals surface area contributed by atoms with Gasteiger partial charge in [0.15, 0.2) is 0 Å². The lowest BCUT2D eigenvalue weighted by molar-refractivity contribution is 0.283. The van der Waals surface area contributed by atoms with Crippen LogP contribution in [0.5, 0.6) is 11.5 Å². The van der Waals surface area contributed by atoms with Gasteiger partial charge in [-0.1, -0.05) is 30.3 Å². The second kappa shape index (κ2) is 9.78. The summed E-state index contributed by atoms with van der Waals surface area (Å²) < 4.78 is 40.0.